The lowest BCUT2D eigenvalue weighted by Gasteiger charge is -2.29. The van der Waals surface area contributed by atoms with Crippen molar-refractivity contribution in [2.45, 2.75) is 5.60 Å². The van der Waals surface area contributed by atoms with Gasteiger partial charge in [-0.1, -0.05) is 48.5 Å². The molecule has 3 rings (SSSR count). The van der Waals surface area contributed by atoms with Crippen LogP contribution < -0.4 is 0 Å². The smallest absolute Gasteiger partial charge is 0.138 e. The quantitative estimate of drug-likeness (QED) is 0.798. The van der Waals surface area contributed by atoms with Crippen LogP contribution in [0, 0.1) is 0 Å². The first-order valence-corrected chi connectivity index (χ1v) is 6.87. The van der Waals surface area contributed by atoms with Crippen LogP contribution in [0.1, 0.15) is 11.1 Å². The molecule has 1 unspecified atom stereocenters. The molecule has 0 aliphatic carbocycles. The van der Waals surface area contributed by atoms with E-state index in [9.17, 15) is 5.11 Å². The fourth-order valence-electron chi connectivity index (χ4n) is 2.70. The Kier molecular flexibility index (Phi) is 3.69. The van der Waals surface area contributed by atoms with Gasteiger partial charge in [0.2, 0.25) is 0 Å². The number of aliphatic hydroxyl groups is 1. The van der Waals surface area contributed by atoms with Gasteiger partial charge in [0.15, 0.2) is 0 Å². The summed E-state index contributed by atoms with van der Waals surface area (Å²) in [6.07, 6.45) is 1.75. The number of nitrogens with zero attached hydrogens (tertiary/aromatic N) is 1. The van der Waals surface area contributed by atoms with E-state index in [1.165, 1.54) is 0 Å². The third kappa shape index (κ3) is 2.42. The molecule has 0 aliphatic heterocycles. The highest BCUT2D eigenvalue weighted by Crippen LogP contribution is 2.34. The maximum Gasteiger partial charge on any atom is 0.138 e. The molecule has 0 saturated heterocycles. The van der Waals surface area contributed by atoms with E-state index >= 15 is 0 Å². The number of aromatic nitrogens is 1. The monoisotopic (exact) mass is 279 g/mol. The summed E-state index contributed by atoms with van der Waals surface area (Å²) in [6.45, 7) is 0.186. The zero-order chi connectivity index (χ0) is 14.7. The molecule has 0 aliphatic rings. The fraction of sp³-hybridized carbons (Fsp3) is 0.167. The van der Waals surface area contributed by atoms with Crippen molar-refractivity contribution >= 4 is 10.9 Å². The Morgan fingerprint density at radius 2 is 1.81 bits per heavy atom. The molecule has 2 aromatic carbocycles. The molecule has 1 atom stereocenters. The third-order valence-corrected chi connectivity index (χ3v) is 3.70. The molecule has 0 amide bonds. The molecule has 1 heterocycles. The predicted octanol–water partition coefficient (Wildman–Crippen LogP) is 3.12. The van der Waals surface area contributed by atoms with Crippen LogP contribution in [0.2, 0.25) is 0 Å². The van der Waals surface area contributed by atoms with Crippen molar-refractivity contribution in [2.75, 3.05) is 13.7 Å². The zero-order valence-electron chi connectivity index (χ0n) is 11.9. The van der Waals surface area contributed by atoms with Gasteiger partial charge < -0.3 is 9.84 Å². The predicted molar refractivity (Wildman–Crippen MR) is 83.1 cm³/mol. The van der Waals surface area contributed by atoms with Crippen molar-refractivity contribution in [3.8, 4) is 0 Å². The molecule has 3 aromatic rings. The first-order valence-electron chi connectivity index (χ1n) is 6.87. The van der Waals surface area contributed by atoms with Crippen LogP contribution in [-0.4, -0.2) is 23.8 Å². The maximum atomic E-state index is 11.3. The third-order valence-electron chi connectivity index (χ3n) is 3.70. The van der Waals surface area contributed by atoms with Gasteiger partial charge in [0.05, 0.1) is 12.1 Å². The lowest BCUT2D eigenvalue weighted by Crippen LogP contribution is -2.32. The Morgan fingerprint density at radius 3 is 2.57 bits per heavy atom. The van der Waals surface area contributed by atoms with E-state index in [0.29, 0.717) is 0 Å². The minimum absolute atomic E-state index is 0.186. The van der Waals surface area contributed by atoms with Crippen LogP contribution in [0.4, 0.5) is 0 Å². The highest BCUT2D eigenvalue weighted by molar-refractivity contribution is 5.83. The Balaban J connectivity index is 2.25. The van der Waals surface area contributed by atoms with Gasteiger partial charge in [0.1, 0.15) is 5.60 Å². The van der Waals surface area contributed by atoms with Gasteiger partial charge in [-0.25, -0.2) is 0 Å². The van der Waals surface area contributed by atoms with Gasteiger partial charge >= 0.3 is 0 Å². The van der Waals surface area contributed by atoms with E-state index in [1.807, 2.05) is 60.7 Å². The van der Waals surface area contributed by atoms with Gasteiger partial charge in [-0.3, -0.25) is 4.98 Å². The minimum atomic E-state index is -1.20. The average molecular weight is 279 g/mol. The topological polar surface area (TPSA) is 42.4 Å². The Bertz CT molecular complexity index is 737. The van der Waals surface area contributed by atoms with E-state index in [4.69, 9.17) is 4.74 Å². The SMILES string of the molecule is COCC(O)(c1ccccc1)c1cccc2ncccc12. The number of pyridine rings is 1. The van der Waals surface area contributed by atoms with Crippen LogP contribution in [0.5, 0.6) is 0 Å². The molecular formula is C18H17NO2. The van der Waals surface area contributed by atoms with Crippen molar-refractivity contribution in [2.24, 2.45) is 0 Å². The van der Waals surface area contributed by atoms with Gasteiger partial charge in [-0.15, -0.1) is 0 Å². The highest BCUT2D eigenvalue weighted by Gasteiger charge is 2.33. The molecule has 3 heteroatoms. The summed E-state index contributed by atoms with van der Waals surface area (Å²) in [7, 11) is 1.59. The first kappa shape index (κ1) is 13.7. The van der Waals surface area contributed by atoms with Gasteiger partial charge in [-0.2, -0.15) is 0 Å². The highest BCUT2D eigenvalue weighted by atomic mass is 16.5. The number of fused-ring (bicyclic) bond motifs is 1. The van der Waals surface area contributed by atoms with Crippen molar-refractivity contribution in [1.82, 2.24) is 4.98 Å². The zero-order valence-corrected chi connectivity index (χ0v) is 11.9. The summed E-state index contributed by atoms with van der Waals surface area (Å²) in [4.78, 5) is 4.36. The number of benzene rings is 2. The van der Waals surface area contributed by atoms with Gasteiger partial charge in [0, 0.05) is 18.7 Å². The van der Waals surface area contributed by atoms with Crippen LogP contribution in [0.3, 0.4) is 0 Å². The fourth-order valence-corrected chi connectivity index (χ4v) is 2.70. The second-order valence-electron chi connectivity index (χ2n) is 5.03. The van der Waals surface area contributed by atoms with Crippen LogP contribution in [-0.2, 0) is 10.3 Å². The standard InChI is InChI=1S/C18H17NO2/c1-21-13-18(20,14-7-3-2-4-8-14)16-10-5-11-17-15(16)9-6-12-19-17/h2-12,20H,13H2,1H3. The molecule has 106 valence electrons. The van der Waals surface area contributed by atoms with E-state index in [2.05, 4.69) is 4.98 Å². The minimum Gasteiger partial charge on any atom is -0.381 e. The normalized spacial score (nSPS) is 14.0. The van der Waals surface area contributed by atoms with Crippen molar-refractivity contribution in [3.63, 3.8) is 0 Å². The summed E-state index contributed by atoms with van der Waals surface area (Å²) in [5.74, 6) is 0. The summed E-state index contributed by atoms with van der Waals surface area (Å²) in [5, 5.41) is 12.2. The molecule has 1 N–H and O–H groups in total. The number of hydrogen-bond donors (Lipinski definition) is 1. The van der Waals surface area contributed by atoms with Crippen molar-refractivity contribution in [1.29, 1.82) is 0 Å². The van der Waals surface area contributed by atoms with Crippen LogP contribution in [0.15, 0.2) is 66.9 Å². The van der Waals surface area contributed by atoms with Gasteiger partial charge in [0.25, 0.3) is 0 Å². The Morgan fingerprint density at radius 1 is 1.00 bits per heavy atom. The number of methoxy groups -OCH3 is 1. The molecule has 0 radical (unpaired) electrons. The van der Waals surface area contributed by atoms with Crippen LogP contribution >= 0.6 is 0 Å². The summed E-state index contributed by atoms with van der Waals surface area (Å²) >= 11 is 0. The molecule has 21 heavy (non-hydrogen) atoms. The molecule has 0 bridgehead atoms. The molecule has 0 saturated carbocycles. The second kappa shape index (κ2) is 5.64. The molecular weight excluding hydrogens is 262 g/mol. The van der Waals surface area contributed by atoms with E-state index in [1.54, 1.807) is 13.3 Å². The van der Waals surface area contributed by atoms with E-state index in [0.717, 1.165) is 22.0 Å². The summed E-state index contributed by atoms with van der Waals surface area (Å²) in [5.41, 5.74) is 1.28. The Hall–Kier alpha value is -2.23. The van der Waals surface area contributed by atoms with E-state index < -0.39 is 5.60 Å². The number of hydrogen-bond acceptors (Lipinski definition) is 3. The largest absolute Gasteiger partial charge is 0.381 e. The van der Waals surface area contributed by atoms with E-state index in [-0.39, 0.29) is 6.61 Å². The average Bonchev–Trinajstić information content (AvgIpc) is 2.55. The number of ether oxygens (including phenoxy) is 1. The molecule has 0 spiro atoms. The Labute approximate surface area is 123 Å². The summed E-state index contributed by atoms with van der Waals surface area (Å²) < 4.78 is 5.29. The first-order chi connectivity index (χ1) is 10.3. The lowest BCUT2D eigenvalue weighted by atomic mass is 9.85. The van der Waals surface area contributed by atoms with Crippen molar-refractivity contribution in [3.05, 3.63) is 78.0 Å². The number of rotatable bonds is 4. The molecule has 3 nitrogen and oxygen atoms in total. The van der Waals surface area contributed by atoms with Crippen molar-refractivity contribution < 1.29 is 9.84 Å². The van der Waals surface area contributed by atoms with Gasteiger partial charge in [-0.05, 0) is 23.3 Å². The lowest BCUT2D eigenvalue weighted by molar-refractivity contribution is -0.00221. The summed E-state index contributed by atoms with van der Waals surface area (Å²) in [6, 6.07) is 19.2. The maximum absolute atomic E-state index is 11.3. The second-order valence-corrected chi connectivity index (χ2v) is 5.03. The van der Waals surface area contributed by atoms with Crippen LogP contribution in [0.25, 0.3) is 10.9 Å². The molecule has 1 aromatic heterocycles. The molecule has 0 fully saturated rings.